The lowest BCUT2D eigenvalue weighted by Crippen LogP contribution is -2.21. The summed E-state index contributed by atoms with van der Waals surface area (Å²) in [6.07, 6.45) is 3.12. The van der Waals surface area contributed by atoms with Crippen molar-refractivity contribution in [2.75, 3.05) is 40.0 Å². The van der Waals surface area contributed by atoms with E-state index in [0.717, 1.165) is 30.8 Å². The molecule has 1 aliphatic rings. The monoisotopic (exact) mass is 311 g/mol. The smallest absolute Gasteiger partial charge is 0.179 e. The number of fused-ring (bicyclic) bond motifs is 1. The van der Waals surface area contributed by atoms with Crippen LogP contribution in [0, 0.1) is 0 Å². The molecule has 0 saturated heterocycles. The van der Waals surface area contributed by atoms with Gasteiger partial charge in [-0.25, -0.2) is 0 Å². The highest BCUT2D eigenvalue weighted by Gasteiger charge is 2.16. The molecule has 1 aliphatic heterocycles. The van der Waals surface area contributed by atoms with E-state index in [0.29, 0.717) is 30.6 Å². The minimum absolute atomic E-state index is 0.547. The molecule has 0 unspecified atom stereocenters. The third kappa shape index (κ3) is 4.63. The van der Waals surface area contributed by atoms with Crippen molar-refractivity contribution in [3.63, 3.8) is 0 Å². The molecular weight excluding hydrogens is 290 g/mol. The third-order valence-electron chi connectivity index (χ3n) is 3.28. The number of hydrogen-bond acceptors (Lipinski definition) is 4. The Bertz CT molecular complexity index is 503. The van der Waals surface area contributed by atoms with E-state index < -0.39 is 0 Å². The Morgan fingerprint density at radius 2 is 2.19 bits per heavy atom. The van der Waals surface area contributed by atoms with Crippen LogP contribution in [0.3, 0.4) is 0 Å². The zero-order valence-corrected chi connectivity index (χ0v) is 13.3. The lowest BCUT2D eigenvalue weighted by Gasteiger charge is -2.20. The molecule has 1 heterocycles. The standard InChI is InChI=1S/C16H22ClNO3/c1-3-12(11-18-4-5-19-2)8-13-9-14(17)16-15(10-13)20-6-7-21-16/h8-10,18H,3-7,11H2,1-2H3. The second-order valence-corrected chi connectivity index (χ2v) is 5.26. The van der Waals surface area contributed by atoms with Gasteiger partial charge in [-0.15, -0.1) is 0 Å². The molecule has 0 bridgehead atoms. The molecule has 0 radical (unpaired) electrons. The van der Waals surface area contributed by atoms with Crippen LogP contribution in [0.15, 0.2) is 17.7 Å². The molecule has 2 rings (SSSR count). The van der Waals surface area contributed by atoms with Gasteiger partial charge in [-0.05, 0) is 24.1 Å². The summed E-state index contributed by atoms with van der Waals surface area (Å²) >= 11 is 6.25. The fraction of sp³-hybridized carbons (Fsp3) is 0.500. The third-order valence-corrected chi connectivity index (χ3v) is 3.56. The quantitative estimate of drug-likeness (QED) is 0.785. The topological polar surface area (TPSA) is 39.7 Å². The second kappa shape index (κ2) is 8.27. The van der Waals surface area contributed by atoms with Gasteiger partial charge < -0.3 is 19.5 Å². The Hall–Kier alpha value is -1.23. The number of halogens is 1. The van der Waals surface area contributed by atoms with Crippen molar-refractivity contribution in [2.45, 2.75) is 13.3 Å². The van der Waals surface area contributed by atoms with Crippen LogP contribution in [0.4, 0.5) is 0 Å². The molecule has 0 aromatic heterocycles. The van der Waals surface area contributed by atoms with E-state index >= 15 is 0 Å². The minimum atomic E-state index is 0.547. The van der Waals surface area contributed by atoms with Crippen LogP contribution in [0.25, 0.3) is 6.08 Å². The van der Waals surface area contributed by atoms with Gasteiger partial charge in [0.1, 0.15) is 13.2 Å². The van der Waals surface area contributed by atoms with Crippen LogP contribution < -0.4 is 14.8 Å². The average Bonchev–Trinajstić information content (AvgIpc) is 2.50. The first-order valence-electron chi connectivity index (χ1n) is 7.22. The van der Waals surface area contributed by atoms with Crippen molar-refractivity contribution < 1.29 is 14.2 Å². The summed E-state index contributed by atoms with van der Waals surface area (Å²) in [5.41, 5.74) is 2.34. The summed E-state index contributed by atoms with van der Waals surface area (Å²) < 4.78 is 16.2. The minimum Gasteiger partial charge on any atom is -0.486 e. The van der Waals surface area contributed by atoms with Crippen LogP contribution in [0.2, 0.25) is 5.02 Å². The van der Waals surface area contributed by atoms with Gasteiger partial charge in [0, 0.05) is 20.2 Å². The number of ether oxygens (including phenoxy) is 3. The molecule has 0 spiro atoms. The van der Waals surface area contributed by atoms with Crippen LogP contribution in [0.5, 0.6) is 11.5 Å². The summed E-state index contributed by atoms with van der Waals surface area (Å²) in [6, 6.07) is 3.89. The Morgan fingerprint density at radius 3 is 2.95 bits per heavy atom. The van der Waals surface area contributed by atoms with Crippen molar-refractivity contribution in [3.05, 3.63) is 28.3 Å². The Labute approximate surface area is 131 Å². The molecule has 0 aliphatic carbocycles. The van der Waals surface area contributed by atoms with Gasteiger partial charge in [-0.2, -0.15) is 0 Å². The first kappa shape index (κ1) is 16.1. The molecule has 21 heavy (non-hydrogen) atoms. The molecule has 0 atom stereocenters. The summed E-state index contributed by atoms with van der Waals surface area (Å²) in [4.78, 5) is 0. The molecule has 0 amide bonds. The van der Waals surface area contributed by atoms with Gasteiger partial charge in [0.25, 0.3) is 0 Å². The number of hydrogen-bond donors (Lipinski definition) is 1. The lowest BCUT2D eigenvalue weighted by molar-refractivity contribution is 0.171. The summed E-state index contributed by atoms with van der Waals surface area (Å²) in [6.45, 7) is 5.65. The fourth-order valence-electron chi connectivity index (χ4n) is 2.15. The number of rotatable bonds is 7. The normalized spacial score (nSPS) is 14.3. The lowest BCUT2D eigenvalue weighted by atomic mass is 10.1. The predicted molar refractivity (Wildman–Crippen MR) is 85.5 cm³/mol. The predicted octanol–water partition coefficient (Wildman–Crippen LogP) is 3.14. The van der Waals surface area contributed by atoms with Crippen LogP contribution >= 0.6 is 11.6 Å². The van der Waals surface area contributed by atoms with E-state index in [4.69, 9.17) is 25.8 Å². The van der Waals surface area contributed by atoms with Crippen molar-refractivity contribution in [2.24, 2.45) is 0 Å². The molecule has 0 fully saturated rings. The van der Waals surface area contributed by atoms with Gasteiger partial charge in [0.15, 0.2) is 11.5 Å². The van der Waals surface area contributed by atoms with Gasteiger partial charge in [-0.3, -0.25) is 0 Å². The van der Waals surface area contributed by atoms with Crippen LogP contribution in [0.1, 0.15) is 18.9 Å². The summed E-state index contributed by atoms with van der Waals surface area (Å²) in [5, 5.41) is 3.95. The SMILES string of the molecule is CCC(=Cc1cc(Cl)c2c(c1)OCCO2)CNCCOC. The van der Waals surface area contributed by atoms with Crippen LogP contribution in [-0.4, -0.2) is 40.0 Å². The van der Waals surface area contributed by atoms with E-state index in [1.54, 1.807) is 7.11 Å². The highest BCUT2D eigenvalue weighted by atomic mass is 35.5. The maximum Gasteiger partial charge on any atom is 0.179 e. The van der Waals surface area contributed by atoms with Gasteiger partial charge >= 0.3 is 0 Å². The van der Waals surface area contributed by atoms with Crippen molar-refractivity contribution in [1.29, 1.82) is 0 Å². The summed E-state index contributed by atoms with van der Waals surface area (Å²) in [5.74, 6) is 1.37. The van der Waals surface area contributed by atoms with E-state index in [1.165, 1.54) is 5.57 Å². The zero-order valence-electron chi connectivity index (χ0n) is 12.6. The second-order valence-electron chi connectivity index (χ2n) is 4.85. The molecule has 0 saturated carbocycles. The van der Waals surface area contributed by atoms with Crippen LogP contribution in [-0.2, 0) is 4.74 Å². The average molecular weight is 312 g/mol. The highest BCUT2D eigenvalue weighted by molar-refractivity contribution is 6.32. The van der Waals surface area contributed by atoms with Gasteiger partial charge in [0.05, 0.1) is 11.6 Å². The molecular formula is C16H22ClNO3. The Morgan fingerprint density at radius 1 is 1.38 bits per heavy atom. The van der Waals surface area contributed by atoms with E-state index in [9.17, 15) is 0 Å². The molecule has 4 nitrogen and oxygen atoms in total. The Balaban J connectivity index is 2.08. The number of methoxy groups -OCH3 is 1. The number of nitrogens with one attached hydrogen (secondary N) is 1. The summed E-state index contributed by atoms with van der Waals surface area (Å²) in [7, 11) is 1.70. The maximum absolute atomic E-state index is 6.25. The van der Waals surface area contributed by atoms with E-state index in [1.807, 2.05) is 12.1 Å². The van der Waals surface area contributed by atoms with Gasteiger partial charge in [-0.1, -0.05) is 30.2 Å². The fourth-order valence-corrected chi connectivity index (χ4v) is 2.42. The number of benzene rings is 1. The van der Waals surface area contributed by atoms with Crippen molar-refractivity contribution in [1.82, 2.24) is 5.32 Å². The first-order chi connectivity index (χ1) is 10.2. The van der Waals surface area contributed by atoms with Crippen molar-refractivity contribution >= 4 is 17.7 Å². The largest absolute Gasteiger partial charge is 0.486 e. The molecule has 5 heteroatoms. The van der Waals surface area contributed by atoms with Crippen molar-refractivity contribution in [3.8, 4) is 11.5 Å². The molecule has 1 N–H and O–H groups in total. The molecule has 116 valence electrons. The zero-order chi connectivity index (χ0) is 15.1. The Kier molecular flexibility index (Phi) is 6.36. The highest BCUT2D eigenvalue weighted by Crippen LogP contribution is 2.38. The van der Waals surface area contributed by atoms with E-state index in [2.05, 4.69) is 18.3 Å². The van der Waals surface area contributed by atoms with E-state index in [-0.39, 0.29) is 0 Å². The first-order valence-corrected chi connectivity index (χ1v) is 7.60. The molecule has 1 aromatic rings. The molecule has 1 aromatic carbocycles. The van der Waals surface area contributed by atoms with Gasteiger partial charge in [0.2, 0.25) is 0 Å². The maximum atomic E-state index is 6.25.